The van der Waals surface area contributed by atoms with Crippen LogP contribution in [0.15, 0.2) is 77.6 Å². The van der Waals surface area contributed by atoms with Gasteiger partial charge in [0.2, 0.25) is 0 Å². The molecule has 1 N–H and O–H groups in total. The van der Waals surface area contributed by atoms with E-state index in [0.717, 1.165) is 29.0 Å². The van der Waals surface area contributed by atoms with E-state index in [1.54, 1.807) is 13.2 Å². The molecule has 0 radical (unpaired) electrons. The van der Waals surface area contributed by atoms with Crippen molar-refractivity contribution in [3.8, 4) is 5.69 Å². The number of fused-ring (bicyclic) bond motifs is 1. The fourth-order valence-electron chi connectivity index (χ4n) is 3.82. The summed E-state index contributed by atoms with van der Waals surface area (Å²) >= 11 is 0. The van der Waals surface area contributed by atoms with Gasteiger partial charge in [-0.15, -0.1) is 0 Å². The molecule has 1 unspecified atom stereocenters. The number of para-hydroxylation sites is 2. The van der Waals surface area contributed by atoms with Crippen LogP contribution < -0.4 is 10.7 Å². The van der Waals surface area contributed by atoms with Gasteiger partial charge in [0.05, 0.1) is 22.7 Å². The standard InChI is InChI=1S/C25H25N3O2/c1-4-22(30-3)25-24-20(15-17(2)26-25)28(19-13-9-6-10-14-19)23(16-21(24)29)27-18-11-7-5-8-12-18/h5-16,22,27H,4H2,1-3H3. The number of aromatic nitrogens is 2. The number of hydrogen-bond acceptors (Lipinski definition) is 4. The lowest BCUT2D eigenvalue weighted by molar-refractivity contribution is 0.0976. The second kappa shape index (κ2) is 8.51. The number of rotatable bonds is 6. The summed E-state index contributed by atoms with van der Waals surface area (Å²) in [5, 5.41) is 4.01. The molecule has 0 aliphatic heterocycles. The number of nitrogens with one attached hydrogen (secondary N) is 1. The second-order valence-electron chi connectivity index (χ2n) is 7.23. The summed E-state index contributed by atoms with van der Waals surface area (Å²) in [6.45, 7) is 3.98. The molecule has 0 bridgehead atoms. The van der Waals surface area contributed by atoms with Crippen molar-refractivity contribution in [3.05, 3.63) is 94.4 Å². The van der Waals surface area contributed by atoms with Crippen LogP contribution in [0.5, 0.6) is 0 Å². The average molecular weight is 399 g/mol. The molecule has 0 saturated carbocycles. The van der Waals surface area contributed by atoms with E-state index in [-0.39, 0.29) is 11.5 Å². The molecule has 1 atom stereocenters. The normalized spacial score (nSPS) is 12.1. The van der Waals surface area contributed by atoms with E-state index in [4.69, 9.17) is 9.72 Å². The van der Waals surface area contributed by atoms with Crippen molar-refractivity contribution in [2.75, 3.05) is 12.4 Å². The predicted molar refractivity (Wildman–Crippen MR) is 122 cm³/mol. The van der Waals surface area contributed by atoms with Gasteiger partial charge >= 0.3 is 0 Å². The van der Waals surface area contributed by atoms with Crippen LogP contribution >= 0.6 is 0 Å². The Kier molecular flexibility index (Phi) is 5.63. The Balaban J connectivity index is 2.07. The number of anilines is 2. The van der Waals surface area contributed by atoms with Crippen LogP contribution in [-0.2, 0) is 4.74 Å². The Morgan fingerprint density at radius 1 is 1.03 bits per heavy atom. The second-order valence-corrected chi connectivity index (χ2v) is 7.23. The summed E-state index contributed by atoms with van der Waals surface area (Å²) in [5.41, 5.74) is 4.14. The number of nitrogens with zero attached hydrogens (tertiary/aromatic N) is 2. The van der Waals surface area contributed by atoms with Gasteiger partial charge < -0.3 is 10.1 Å². The lowest BCUT2D eigenvalue weighted by Crippen LogP contribution is -2.17. The number of aryl methyl sites for hydroxylation is 1. The van der Waals surface area contributed by atoms with Crippen molar-refractivity contribution >= 4 is 22.4 Å². The minimum absolute atomic E-state index is 0.0754. The predicted octanol–water partition coefficient (Wildman–Crippen LogP) is 5.54. The summed E-state index contributed by atoms with van der Waals surface area (Å²) in [6, 6.07) is 23.5. The molecule has 5 nitrogen and oxygen atoms in total. The lowest BCUT2D eigenvalue weighted by Gasteiger charge is -2.21. The van der Waals surface area contributed by atoms with Gasteiger partial charge in [-0.3, -0.25) is 14.3 Å². The van der Waals surface area contributed by atoms with Gasteiger partial charge in [-0.2, -0.15) is 0 Å². The van der Waals surface area contributed by atoms with Crippen LogP contribution in [0.2, 0.25) is 0 Å². The summed E-state index contributed by atoms with van der Waals surface area (Å²) in [7, 11) is 1.66. The molecule has 2 aromatic heterocycles. The van der Waals surface area contributed by atoms with Gasteiger partial charge in [0.1, 0.15) is 5.82 Å². The Hall–Kier alpha value is -3.44. The fourth-order valence-corrected chi connectivity index (χ4v) is 3.82. The number of benzene rings is 2. The van der Waals surface area contributed by atoms with Crippen molar-refractivity contribution in [2.45, 2.75) is 26.4 Å². The van der Waals surface area contributed by atoms with E-state index in [9.17, 15) is 4.79 Å². The first-order chi connectivity index (χ1) is 14.6. The first-order valence-corrected chi connectivity index (χ1v) is 10.1. The Morgan fingerprint density at radius 3 is 2.33 bits per heavy atom. The zero-order valence-corrected chi connectivity index (χ0v) is 17.4. The molecular weight excluding hydrogens is 374 g/mol. The molecule has 0 amide bonds. The first kappa shape index (κ1) is 19.9. The van der Waals surface area contributed by atoms with E-state index < -0.39 is 0 Å². The van der Waals surface area contributed by atoms with Gasteiger partial charge in [-0.05, 0) is 43.7 Å². The molecule has 4 aromatic rings. The van der Waals surface area contributed by atoms with E-state index in [0.29, 0.717) is 16.9 Å². The summed E-state index contributed by atoms with van der Waals surface area (Å²) in [6.07, 6.45) is 0.494. The minimum Gasteiger partial charge on any atom is -0.375 e. The molecule has 2 aromatic carbocycles. The van der Waals surface area contributed by atoms with Gasteiger partial charge in [0.25, 0.3) is 0 Å². The van der Waals surface area contributed by atoms with Crippen molar-refractivity contribution < 1.29 is 4.74 Å². The monoisotopic (exact) mass is 399 g/mol. The highest BCUT2D eigenvalue weighted by molar-refractivity contribution is 5.86. The van der Waals surface area contributed by atoms with E-state index in [1.807, 2.05) is 80.6 Å². The van der Waals surface area contributed by atoms with E-state index >= 15 is 0 Å². The third kappa shape index (κ3) is 3.72. The first-order valence-electron chi connectivity index (χ1n) is 10.1. The van der Waals surface area contributed by atoms with Crippen LogP contribution in [0, 0.1) is 6.92 Å². The molecule has 4 rings (SSSR count). The van der Waals surface area contributed by atoms with Crippen molar-refractivity contribution in [2.24, 2.45) is 0 Å². The maximum Gasteiger partial charge on any atom is 0.193 e. The largest absolute Gasteiger partial charge is 0.375 e. The average Bonchev–Trinajstić information content (AvgIpc) is 2.75. The molecule has 0 saturated heterocycles. The molecule has 0 spiro atoms. The zero-order valence-electron chi connectivity index (χ0n) is 17.4. The van der Waals surface area contributed by atoms with Gasteiger partial charge in [0.15, 0.2) is 5.43 Å². The molecule has 152 valence electrons. The number of ether oxygens (including phenoxy) is 1. The molecule has 0 aliphatic rings. The van der Waals surface area contributed by atoms with Gasteiger partial charge in [0, 0.05) is 30.2 Å². The van der Waals surface area contributed by atoms with Crippen molar-refractivity contribution in [1.82, 2.24) is 9.55 Å². The summed E-state index contributed by atoms with van der Waals surface area (Å²) in [4.78, 5) is 18.0. The summed E-state index contributed by atoms with van der Waals surface area (Å²) < 4.78 is 7.72. The van der Waals surface area contributed by atoms with Crippen LogP contribution in [0.25, 0.3) is 16.6 Å². The van der Waals surface area contributed by atoms with Gasteiger partial charge in [-0.1, -0.05) is 43.3 Å². The minimum atomic E-state index is -0.239. The van der Waals surface area contributed by atoms with E-state index in [1.165, 1.54) is 0 Å². The van der Waals surface area contributed by atoms with Crippen molar-refractivity contribution in [1.29, 1.82) is 0 Å². The maximum absolute atomic E-state index is 13.3. The highest BCUT2D eigenvalue weighted by Gasteiger charge is 2.20. The Labute approximate surface area is 176 Å². The van der Waals surface area contributed by atoms with Crippen molar-refractivity contribution in [3.63, 3.8) is 0 Å². The third-order valence-corrected chi connectivity index (χ3v) is 5.17. The molecule has 0 aliphatic carbocycles. The van der Waals surface area contributed by atoms with Crippen LogP contribution in [0.4, 0.5) is 11.5 Å². The van der Waals surface area contributed by atoms with Crippen LogP contribution in [0.1, 0.15) is 30.8 Å². The topological polar surface area (TPSA) is 56.1 Å². The third-order valence-electron chi connectivity index (χ3n) is 5.17. The number of hydrogen-bond donors (Lipinski definition) is 1. The smallest absolute Gasteiger partial charge is 0.193 e. The lowest BCUT2D eigenvalue weighted by atomic mass is 10.1. The molecular formula is C25H25N3O2. The number of pyridine rings is 2. The molecule has 30 heavy (non-hydrogen) atoms. The van der Waals surface area contributed by atoms with Crippen LogP contribution in [-0.4, -0.2) is 16.7 Å². The maximum atomic E-state index is 13.3. The molecule has 0 fully saturated rings. The highest BCUT2D eigenvalue weighted by atomic mass is 16.5. The van der Waals surface area contributed by atoms with Crippen LogP contribution in [0.3, 0.4) is 0 Å². The highest BCUT2D eigenvalue weighted by Crippen LogP contribution is 2.30. The Morgan fingerprint density at radius 2 is 1.70 bits per heavy atom. The fraction of sp³-hybridized carbons (Fsp3) is 0.200. The zero-order chi connectivity index (χ0) is 21.1. The summed E-state index contributed by atoms with van der Waals surface area (Å²) in [5.74, 6) is 0.701. The SMILES string of the molecule is CCC(OC)c1nc(C)cc2c1c(=O)cc(Nc1ccccc1)n2-c1ccccc1. The van der Waals surface area contributed by atoms with E-state index in [2.05, 4.69) is 9.88 Å². The van der Waals surface area contributed by atoms with Gasteiger partial charge in [-0.25, -0.2) is 0 Å². The quantitative estimate of drug-likeness (QED) is 0.463. The Bertz CT molecular complexity index is 1210. The molecule has 5 heteroatoms. The molecule has 2 heterocycles. The number of methoxy groups -OCH3 is 1.